The van der Waals surface area contributed by atoms with E-state index < -0.39 is 10.0 Å². The van der Waals surface area contributed by atoms with Crippen molar-refractivity contribution in [2.75, 3.05) is 6.54 Å². The lowest BCUT2D eigenvalue weighted by Gasteiger charge is -2.15. The van der Waals surface area contributed by atoms with Gasteiger partial charge in [-0.25, -0.2) is 13.1 Å². The van der Waals surface area contributed by atoms with E-state index in [0.717, 1.165) is 40.7 Å². The summed E-state index contributed by atoms with van der Waals surface area (Å²) in [6.07, 6.45) is 1.59. The highest BCUT2D eigenvalue weighted by Crippen LogP contribution is 2.27. The molecule has 36 heavy (non-hydrogen) atoms. The molecular weight excluding hydrogens is 468 g/mol. The molecule has 4 aromatic carbocycles. The molecule has 0 unspecified atom stereocenters. The summed E-state index contributed by atoms with van der Waals surface area (Å²) < 4.78 is 28.5. The highest BCUT2D eigenvalue weighted by Gasteiger charge is 2.17. The fourth-order valence-electron chi connectivity index (χ4n) is 4.07. The molecule has 0 bridgehead atoms. The van der Waals surface area contributed by atoms with Crippen LogP contribution in [0.1, 0.15) is 34.0 Å². The maximum atomic E-state index is 13.1. The van der Waals surface area contributed by atoms with Crippen molar-refractivity contribution in [3.63, 3.8) is 0 Å². The van der Waals surface area contributed by atoms with Crippen molar-refractivity contribution < 1.29 is 13.2 Å². The molecule has 4 rings (SSSR count). The number of hydrogen-bond donors (Lipinski definition) is 2. The molecule has 0 heterocycles. The van der Waals surface area contributed by atoms with E-state index in [1.54, 1.807) is 18.2 Å². The smallest absolute Gasteiger partial charge is 0.251 e. The molecule has 0 aromatic heterocycles. The lowest BCUT2D eigenvalue weighted by molar-refractivity contribution is 0.0954. The van der Waals surface area contributed by atoms with Gasteiger partial charge in [-0.05, 0) is 58.9 Å². The predicted octanol–water partition coefficient (Wildman–Crippen LogP) is 5.37. The molecule has 184 valence electrons. The molecule has 4 aromatic rings. The van der Waals surface area contributed by atoms with Crippen molar-refractivity contribution in [1.82, 2.24) is 10.0 Å². The average molecular weight is 499 g/mol. The van der Waals surface area contributed by atoms with Gasteiger partial charge in [0.25, 0.3) is 5.91 Å². The Labute approximate surface area is 213 Å². The minimum Gasteiger partial charge on any atom is -0.352 e. The zero-order valence-corrected chi connectivity index (χ0v) is 21.1. The predicted molar refractivity (Wildman–Crippen MR) is 144 cm³/mol. The number of carbonyl (C=O) groups is 1. The summed E-state index contributed by atoms with van der Waals surface area (Å²) in [7, 11) is -3.68. The third-order valence-corrected chi connectivity index (χ3v) is 7.53. The SMILES string of the molecule is CCc1ccc(S(=O)(=O)NCc2ccccc2-c2ccccc2C(=O)NCCc2ccccc2)cc1. The average Bonchev–Trinajstić information content (AvgIpc) is 2.92. The van der Waals surface area contributed by atoms with Crippen molar-refractivity contribution in [3.8, 4) is 11.1 Å². The summed E-state index contributed by atoms with van der Waals surface area (Å²) in [5.74, 6) is -0.159. The molecule has 0 aliphatic carbocycles. The van der Waals surface area contributed by atoms with Crippen LogP contribution in [0.5, 0.6) is 0 Å². The highest BCUT2D eigenvalue weighted by atomic mass is 32.2. The number of carbonyl (C=O) groups excluding carboxylic acids is 1. The second kappa shape index (κ2) is 11.8. The highest BCUT2D eigenvalue weighted by molar-refractivity contribution is 7.89. The third kappa shape index (κ3) is 6.27. The molecule has 5 nitrogen and oxygen atoms in total. The maximum Gasteiger partial charge on any atom is 0.251 e. The van der Waals surface area contributed by atoms with Crippen LogP contribution in [0.3, 0.4) is 0 Å². The molecule has 0 saturated carbocycles. The third-order valence-electron chi connectivity index (χ3n) is 6.12. The van der Waals surface area contributed by atoms with Crippen LogP contribution in [0.25, 0.3) is 11.1 Å². The number of aryl methyl sites for hydroxylation is 1. The van der Waals surface area contributed by atoms with Gasteiger partial charge in [-0.3, -0.25) is 4.79 Å². The van der Waals surface area contributed by atoms with Gasteiger partial charge < -0.3 is 5.32 Å². The van der Waals surface area contributed by atoms with Gasteiger partial charge in [-0.2, -0.15) is 0 Å². The van der Waals surface area contributed by atoms with E-state index in [9.17, 15) is 13.2 Å². The summed E-state index contributed by atoms with van der Waals surface area (Å²) in [6, 6.07) is 31.9. The fraction of sp³-hybridized carbons (Fsp3) is 0.167. The van der Waals surface area contributed by atoms with Crippen molar-refractivity contribution >= 4 is 15.9 Å². The van der Waals surface area contributed by atoms with Gasteiger partial charge >= 0.3 is 0 Å². The van der Waals surface area contributed by atoms with Gasteiger partial charge in [0.1, 0.15) is 0 Å². The first kappa shape index (κ1) is 25.4. The Balaban J connectivity index is 1.51. The molecular formula is C30H30N2O3S. The van der Waals surface area contributed by atoms with E-state index >= 15 is 0 Å². The van der Waals surface area contributed by atoms with Gasteiger partial charge in [-0.15, -0.1) is 0 Å². The summed E-state index contributed by atoms with van der Waals surface area (Å²) in [5.41, 5.74) is 5.16. The maximum absolute atomic E-state index is 13.1. The van der Waals surface area contributed by atoms with Gasteiger partial charge in [-0.1, -0.05) is 91.9 Å². The molecule has 6 heteroatoms. The van der Waals surface area contributed by atoms with E-state index in [4.69, 9.17) is 0 Å². The number of nitrogens with one attached hydrogen (secondary N) is 2. The zero-order valence-electron chi connectivity index (χ0n) is 20.3. The number of amides is 1. The van der Waals surface area contributed by atoms with E-state index in [1.165, 1.54) is 0 Å². The second-order valence-electron chi connectivity index (χ2n) is 8.52. The molecule has 1 amide bonds. The van der Waals surface area contributed by atoms with Gasteiger partial charge in [0.05, 0.1) is 4.90 Å². The normalized spacial score (nSPS) is 11.2. The van der Waals surface area contributed by atoms with Crippen LogP contribution < -0.4 is 10.0 Å². The molecule has 0 aliphatic rings. The van der Waals surface area contributed by atoms with Gasteiger partial charge in [0.15, 0.2) is 0 Å². The lowest BCUT2D eigenvalue weighted by Crippen LogP contribution is -2.26. The topological polar surface area (TPSA) is 75.3 Å². The monoisotopic (exact) mass is 498 g/mol. The molecule has 0 spiro atoms. The van der Waals surface area contributed by atoms with Gasteiger partial charge in [0.2, 0.25) is 10.0 Å². The Bertz CT molecular complexity index is 1420. The molecule has 0 atom stereocenters. The van der Waals surface area contributed by atoms with Crippen molar-refractivity contribution in [1.29, 1.82) is 0 Å². The summed E-state index contributed by atoms with van der Waals surface area (Å²) >= 11 is 0. The number of rotatable bonds is 10. The van der Waals surface area contributed by atoms with E-state index in [2.05, 4.69) is 10.0 Å². The summed E-state index contributed by atoms with van der Waals surface area (Å²) in [4.78, 5) is 13.3. The van der Waals surface area contributed by atoms with Crippen LogP contribution in [0.4, 0.5) is 0 Å². The fourth-order valence-corrected chi connectivity index (χ4v) is 5.08. The minimum absolute atomic E-state index is 0.109. The Morgan fingerprint density at radius 2 is 1.36 bits per heavy atom. The quantitative estimate of drug-likeness (QED) is 0.309. The number of benzene rings is 4. The molecule has 0 aliphatic heterocycles. The standard InChI is InChI=1S/C30H30N2O3S/c1-2-23-16-18-26(19-17-23)36(34,35)32-22-25-12-6-7-13-27(25)28-14-8-9-15-29(28)30(33)31-21-20-24-10-4-3-5-11-24/h3-19,32H,2,20-22H2,1H3,(H,31,33). The molecule has 0 fully saturated rings. The number of hydrogen-bond acceptors (Lipinski definition) is 3. The Hall–Kier alpha value is -3.74. The Kier molecular flexibility index (Phi) is 8.31. The second-order valence-corrected chi connectivity index (χ2v) is 10.3. The Morgan fingerprint density at radius 1 is 0.722 bits per heavy atom. The minimum atomic E-state index is -3.68. The first-order chi connectivity index (χ1) is 17.5. The lowest BCUT2D eigenvalue weighted by atomic mass is 9.95. The van der Waals surface area contributed by atoms with E-state index in [0.29, 0.717) is 12.1 Å². The van der Waals surface area contributed by atoms with Crippen LogP contribution in [-0.2, 0) is 29.4 Å². The van der Waals surface area contributed by atoms with Crippen LogP contribution in [0.2, 0.25) is 0 Å². The van der Waals surface area contributed by atoms with Crippen LogP contribution in [0, 0.1) is 0 Å². The largest absolute Gasteiger partial charge is 0.352 e. The van der Waals surface area contributed by atoms with Crippen LogP contribution >= 0.6 is 0 Å². The van der Waals surface area contributed by atoms with Crippen molar-refractivity contribution in [2.24, 2.45) is 0 Å². The van der Waals surface area contributed by atoms with Crippen molar-refractivity contribution in [2.45, 2.75) is 31.2 Å². The van der Waals surface area contributed by atoms with E-state index in [1.807, 2.05) is 91.9 Å². The first-order valence-electron chi connectivity index (χ1n) is 12.1. The number of sulfonamides is 1. The van der Waals surface area contributed by atoms with E-state index in [-0.39, 0.29) is 17.3 Å². The molecule has 0 radical (unpaired) electrons. The Morgan fingerprint density at radius 3 is 2.08 bits per heavy atom. The zero-order chi connectivity index (χ0) is 25.4. The first-order valence-corrected chi connectivity index (χ1v) is 13.5. The molecule has 0 saturated heterocycles. The van der Waals surface area contributed by atoms with Crippen molar-refractivity contribution in [3.05, 3.63) is 125 Å². The van der Waals surface area contributed by atoms with Crippen LogP contribution in [0.15, 0.2) is 108 Å². The molecule has 2 N–H and O–H groups in total. The summed E-state index contributed by atoms with van der Waals surface area (Å²) in [6.45, 7) is 2.66. The van der Waals surface area contributed by atoms with Gasteiger partial charge in [0, 0.05) is 18.7 Å². The van der Waals surface area contributed by atoms with Crippen LogP contribution in [-0.4, -0.2) is 20.9 Å². The summed E-state index contributed by atoms with van der Waals surface area (Å²) in [5, 5.41) is 3.01.